The first-order chi connectivity index (χ1) is 9.52. The van der Waals surface area contributed by atoms with Crippen LogP contribution >= 0.6 is 43.2 Å². The number of thiophene rings is 1. The zero-order valence-corrected chi connectivity index (χ0v) is 14.3. The van der Waals surface area contributed by atoms with Gasteiger partial charge in [0.15, 0.2) is 0 Å². The number of carbonyl (C=O) groups excluding carboxylic acids is 2. The third-order valence-corrected chi connectivity index (χ3v) is 4.40. The molecule has 0 aliphatic carbocycles. The van der Waals surface area contributed by atoms with Crippen molar-refractivity contribution in [3.8, 4) is 0 Å². The number of ether oxygens (including phenoxy) is 1. The first-order valence-corrected chi connectivity index (χ1v) is 7.91. The number of esters is 1. The molecule has 0 aliphatic rings. The van der Waals surface area contributed by atoms with Crippen LogP contribution in [0.3, 0.4) is 0 Å². The normalized spacial score (nSPS) is 10.2. The Balaban J connectivity index is 2.40. The number of anilines is 1. The first kappa shape index (κ1) is 15.2. The van der Waals surface area contributed by atoms with E-state index in [9.17, 15) is 9.59 Å². The second-order valence-electron chi connectivity index (χ2n) is 3.73. The smallest absolute Gasteiger partial charge is 0.340 e. The molecule has 0 saturated heterocycles. The second kappa shape index (κ2) is 6.51. The van der Waals surface area contributed by atoms with Gasteiger partial charge in [0.25, 0.3) is 5.91 Å². The SMILES string of the molecule is COC(=O)c1cc(Br)cc(Br)c1NC(=O)c1cccs1. The van der Waals surface area contributed by atoms with Crippen molar-refractivity contribution in [2.24, 2.45) is 0 Å². The van der Waals surface area contributed by atoms with Crippen molar-refractivity contribution in [2.45, 2.75) is 0 Å². The lowest BCUT2D eigenvalue weighted by molar-refractivity contribution is 0.0602. The molecule has 0 atom stereocenters. The van der Waals surface area contributed by atoms with Crippen LogP contribution in [0.1, 0.15) is 20.0 Å². The number of hydrogen-bond acceptors (Lipinski definition) is 4. The number of rotatable bonds is 3. The summed E-state index contributed by atoms with van der Waals surface area (Å²) in [4.78, 5) is 24.4. The minimum absolute atomic E-state index is 0.270. The molecule has 0 radical (unpaired) electrons. The Morgan fingerprint density at radius 3 is 2.65 bits per heavy atom. The van der Waals surface area contributed by atoms with E-state index in [0.29, 0.717) is 19.5 Å². The summed E-state index contributed by atoms with van der Waals surface area (Å²) < 4.78 is 6.03. The molecule has 0 fully saturated rings. The third-order valence-electron chi connectivity index (χ3n) is 2.44. The molecule has 0 spiro atoms. The molecule has 0 unspecified atom stereocenters. The van der Waals surface area contributed by atoms with Gasteiger partial charge >= 0.3 is 5.97 Å². The van der Waals surface area contributed by atoms with Crippen LogP contribution < -0.4 is 5.32 Å². The third kappa shape index (κ3) is 3.28. The Labute approximate surface area is 136 Å². The summed E-state index contributed by atoms with van der Waals surface area (Å²) in [5.41, 5.74) is 0.664. The molecule has 1 aromatic heterocycles. The van der Waals surface area contributed by atoms with Gasteiger partial charge in [-0.2, -0.15) is 0 Å². The van der Waals surface area contributed by atoms with Gasteiger partial charge in [0.05, 0.1) is 23.2 Å². The molecule has 104 valence electrons. The summed E-state index contributed by atoms with van der Waals surface area (Å²) in [7, 11) is 1.29. The lowest BCUT2D eigenvalue weighted by atomic mass is 10.1. The maximum Gasteiger partial charge on any atom is 0.340 e. The Morgan fingerprint density at radius 1 is 1.30 bits per heavy atom. The van der Waals surface area contributed by atoms with E-state index in [1.165, 1.54) is 18.4 Å². The number of methoxy groups -OCH3 is 1. The fourth-order valence-electron chi connectivity index (χ4n) is 1.55. The summed E-state index contributed by atoms with van der Waals surface area (Å²) in [6, 6.07) is 6.85. The number of amides is 1. The van der Waals surface area contributed by atoms with Gasteiger partial charge in [-0.1, -0.05) is 22.0 Å². The van der Waals surface area contributed by atoms with E-state index in [4.69, 9.17) is 4.74 Å². The van der Waals surface area contributed by atoms with Gasteiger partial charge in [0.2, 0.25) is 0 Å². The van der Waals surface area contributed by atoms with E-state index in [-0.39, 0.29) is 11.5 Å². The van der Waals surface area contributed by atoms with Crippen LogP contribution in [0.2, 0.25) is 0 Å². The summed E-state index contributed by atoms with van der Waals surface area (Å²) in [6.07, 6.45) is 0. The maximum atomic E-state index is 12.1. The highest BCUT2D eigenvalue weighted by Crippen LogP contribution is 2.32. The number of carbonyl (C=O) groups is 2. The summed E-state index contributed by atoms with van der Waals surface area (Å²) in [6.45, 7) is 0. The van der Waals surface area contributed by atoms with E-state index < -0.39 is 5.97 Å². The van der Waals surface area contributed by atoms with Crippen molar-refractivity contribution in [1.82, 2.24) is 0 Å². The van der Waals surface area contributed by atoms with Crippen LogP contribution in [0.5, 0.6) is 0 Å². The van der Waals surface area contributed by atoms with E-state index in [0.717, 1.165) is 0 Å². The van der Waals surface area contributed by atoms with Gasteiger partial charge in [-0.3, -0.25) is 4.79 Å². The molecule has 2 rings (SSSR count). The lowest BCUT2D eigenvalue weighted by Gasteiger charge is -2.12. The van der Waals surface area contributed by atoms with Crippen LogP contribution in [-0.4, -0.2) is 19.0 Å². The van der Waals surface area contributed by atoms with Crippen molar-refractivity contribution in [3.63, 3.8) is 0 Å². The van der Waals surface area contributed by atoms with Gasteiger partial charge in [0.1, 0.15) is 0 Å². The van der Waals surface area contributed by atoms with Crippen LogP contribution in [0.25, 0.3) is 0 Å². The highest BCUT2D eigenvalue weighted by Gasteiger charge is 2.19. The van der Waals surface area contributed by atoms with Crippen LogP contribution in [-0.2, 0) is 4.74 Å². The molecule has 0 bridgehead atoms. The van der Waals surface area contributed by atoms with Gasteiger partial charge in [-0.15, -0.1) is 11.3 Å². The first-order valence-electron chi connectivity index (χ1n) is 5.45. The second-order valence-corrected chi connectivity index (χ2v) is 6.45. The largest absolute Gasteiger partial charge is 0.465 e. The fraction of sp³-hybridized carbons (Fsp3) is 0.0769. The van der Waals surface area contributed by atoms with Crippen molar-refractivity contribution < 1.29 is 14.3 Å². The highest BCUT2D eigenvalue weighted by atomic mass is 79.9. The van der Waals surface area contributed by atoms with Crippen molar-refractivity contribution in [3.05, 3.63) is 49.0 Å². The maximum absolute atomic E-state index is 12.1. The fourth-order valence-corrected chi connectivity index (χ4v) is 3.50. The highest BCUT2D eigenvalue weighted by molar-refractivity contribution is 9.11. The summed E-state index contributed by atoms with van der Waals surface area (Å²) >= 11 is 7.97. The average Bonchev–Trinajstić information content (AvgIpc) is 2.94. The Hall–Kier alpha value is -1.18. The molecule has 0 saturated carbocycles. The minimum atomic E-state index is -0.520. The summed E-state index contributed by atoms with van der Waals surface area (Å²) in [5, 5.41) is 4.54. The summed E-state index contributed by atoms with van der Waals surface area (Å²) in [5.74, 6) is -0.790. The van der Waals surface area contributed by atoms with Crippen LogP contribution in [0.4, 0.5) is 5.69 Å². The zero-order valence-electron chi connectivity index (χ0n) is 10.3. The van der Waals surface area contributed by atoms with Crippen molar-refractivity contribution in [1.29, 1.82) is 0 Å². The van der Waals surface area contributed by atoms with Gasteiger partial charge in [0, 0.05) is 8.95 Å². The Kier molecular flexibility index (Phi) is 4.95. The zero-order chi connectivity index (χ0) is 14.7. The average molecular weight is 419 g/mol. The van der Waals surface area contributed by atoms with E-state index in [1.54, 1.807) is 24.3 Å². The molecule has 1 aromatic carbocycles. The topological polar surface area (TPSA) is 55.4 Å². The van der Waals surface area contributed by atoms with Gasteiger partial charge in [-0.25, -0.2) is 4.79 Å². The van der Waals surface area contributed by atoms with E-state index in [1.807, 2.05) is 5.38 Å². The molecule has 20 heavy (non-hydrogen) atoms. The van der Waals surface area contributed by atoms with Crippen molar-refractivity contribution in [2.75, 3.05) is 12.4 Å². The monoisotopic (exact) mass is 417 g/mol. The molecule has 1 heterocycles. The van der Waals surface area contributed by atoms with E-state index in [2.05, 4.69) is 37.2 Å². The van der Waals surface area contributed by atoms with Gasteiger partial charge in [-0.05, 0) is 39.5 Å². The molecule has 1 amide bonds. The Morgan fingerprint density at radius 2 is 2.05 bits per heavy atom. The standard InChI is InChI=1S/C13H9Br2NO3S/c1-19-13(18)8-5-7(14)6-9(15)11(8)16-12(17)10-3-2-4-20-10/h2-6H,1H3,(H,16,17). The molecule has 7 heteroatoms. The number of nitrogens with one attached hydrogen (secondary N) is 1. The van der Waals surface area contributed by atoms with Crippen LogP contribution in [0.15, 0.2) is 38.6 Å². The predicted molar refractivity (Wildman–Crippen MR) is 85.5 cm³/mol. The van der Waals surface area contributed by atoms with Crippen LogP contribution in [0, 0.1) is 0 Å². The number of hydrogen-bond donors (Lipinski definition) is 1. The predicted octanol–water partition coefficient (Wildman–Crippen LogP) is 4.31. The van der Waals surface area contributed by atoms with E-state index >= 15 is 0 Å². The number of benzene rings is 1. The molecular formula is C13H9Br2NO3S. The number of halogens is 2. The molecule has 4 nitrogen and oxygen atoms in total. The Bertz CT molecular complexity index is 656. The minimum Gasteiger partial charge on any atom is -0.465 e. The van der Waals surface area contributed by atoms with Crippen molar-refractivity contribution >= 4 is 60.8 Å². The lowest BCUT2D eigenvalue weighted by Crippen LogP contribution is -2.15. The molecular weight excluding hydrogens is 410 g/mol. The quantitative estimate of drug-likeness (QED) is 0.755. The molecule has 0 aliphatic heterocycles. The molecule has 1 N–H and O–H groups in total. The van der Waals surface area contributed by atoms with Gasteiger partial charge < -0.3 is 10.1 Å². The molecule has 2 aromatic rings.